The number of nitrogens with zero attached hydrogens (tertiary/aromatic N) is 1. The van der Waals surface area contributed by atoms with E-state index in [1.807, 2.05) is 0 Å². The molecule has 0 unspecified atom stereocenters. The zero-order valence-corrected chi connectivity index (χ0v) is 12.2. The van der Waals surface area contributed by atoms with E-state index in [-0.39, 0.29) is 28.7 Å². The van der Waals surface area contributed by atoms with Gasteiger partial charge in [0.25, 0.3) is 0 Å². The fourth-order valence-electron chi connectivity index (χ4n) is 1.51. The number of ether oxygens (including phenoxy) is 1. The van der Waals surface area contributed by atoms with Crippen molar-refractivity contribution in [2.45, 2.75) is 18.4 Å². The highest BCUT2D eigenvalue weighted by molar-refractivity contribution is 7.91. The molecule has 0 radical (unpaired) electrons. The Balaban J connectivity index is 3.30. The maximum Gasteiger partial charge on any atom is 0.338 e. The van der Waals surface area contributed by atoms with Crippen LogP contribution in [0, 0.1) is 12.3 Å². The van der Waals surface area contributed by atoms with E-state index in [4.69, 9.17) is 6.42 Å². The molecule has 1 heterocycles. The number of aromatic nitrogens is 1. The number of hydrogen-bond donors (Lipinski definition) is 1. The van der Waals surface area contributed by atoms with Crippen molar-refractivity contribution < 1.29 is 17.9 Å². The molecule has 0 saturated carbocycles. The van der Waals surface area contributed by atoms with Gasteiger partial charge in [0.2, 0.25) is 0 Å². The number of esters is 1. The van der Waals surface area contributed by atoms with Crippen LogP contribution in [-0.2, 0) is 14.6 Å². The Morgan fingerprint density at radius 1 is 1.50 bits per heavy atom. The van der Waals surface area contributed by atoms with Gasteiger partial charge in [-0.3, -0.25) is 0 Å². The van der Waals surface area contributed by atoms with E-state index in [1.165, 1.54) is 19.2 Å². The largest absolute Gasteiger partial charge is 0.465 e. The van der Waals surface area contributed by atoms with Gasteiger partial charge in [0.15, 0.2) is 14.9 Å². The molecule has 0 saturated heterocycles. The molecular weight excluding hydrogens is 280 g/mol. The van der Waals surface area contributed by atoms with Crippen molar-refractivity contribution in [3.63, 3.8) is 0 Å². The number of carbonyl (C=O) groups is 1. The number of sulfone groups is 1. The first kappa shape index (κ1) is 16.0. The lowest BCUT2D eigenvalue weighted by Gasteiger charge is -2.08. The molecule has 0 amide bonds. The predicted octanol–water partition coefficient (Wildman–Crippen LogP) is 1.10. The minimum Gasteiger partial charge on any atom is -0.465 e. The Kier molecular flexibility index (Phi) is 5.53. The fourth-order valence-corrected chi connectivity index (χ4v) is 2.80. The van der Waals surface area contributed by atoms with E-state index in [1.54, 1.807) is 6.92 Å². The summed E-state index contributed by atoms with van der Waals surface area (Å²) in [6.07, 6.45) is 5.58. The third-order valence-electron chi connectivity index (χ3n) is 2.39. The summed E-state index contributed by atoms with van der Waals surface area (Å²) in [4.78, 5) is 15.5. The lowest BCUT2D eigenvalue weighted by atomic mass is 10.2. The molecule has 0 aliphatic heterocycles. The van der Waals surface area contributed by atoms with E-state index in [0.29, 0.717) is 6.42 Å². The second-order valence-corrected chi connectivity index (χ2v) is 6.00. The van der Waals surface area contributed by atoms with E-state index >= 15 is 0 Å². The van der Waals surface area contributed by atoms with Gasteiger partial charge in [0.1, 0.15) is 5.82 Å². The Hall–Kier alpha value is -2.07. The average molecular weight is 296 g/mol. The maximum absolute atomic E-state index is 12.0. The molecule has 0 aromatic carbocycles. The predicted molar refractivity (Wildman–Crippen MR) is 75.2 cm³/mol. The average Bonchev–Trinajstić information content (AvgIpc) is 2.43. The van der Waals surface area contributed by atoms with E-state index in [2.05, 4.69) is 21.0 Å². The highest BCUT2D eigenvalue weighted by Crippen LogP contribution is 2.17. The van der Waals surface area contributed by atoms with Crippen LogP contribution in [0.5, 0.6) is 0 Å². The third-order valence-corrected chi connectivity index (χ3v) is 4.18. The molecule has 1 aromatic rings. The van der Waals surface area contributed by atoms with Crippen molar-refractivity contribution in [1.29, 1.82) is 0 Å². The zero-order chi connectivity index (χ0) is 15.2. The van der Waals surface area contributed by atoms with Crippen LogP contribution in [0.25, 0.3) is 0 Å². The van der Waals surface area contributed by atoms with Gasteiger partial charge < -0.3 is 10.1 Å². The first-order valence-electron chi connectivity index (χ1n) is 5.95. The van der Waals surface area contributed by atoms with Gasteiger partial charge in [-0.05, 0) is 18.6 Å². The summed E-state index contributed by atoms with van der Waals surface area (Å²) < 4.78 is 28.7. The molecule has 108 valence electrons. The molecule has 0 bridgehead atoms. The Labute approximate surface area is 118 Å². The van der Waals surface area contributed by atoms with Gasteiger partial charge in [0, 0.05) is 0 Å². The Morgan fingerprint density at radius 3 is 2.75 bits per heavy atom. The van der Waals surface area contributed by atoms with Gasteiger partial charge in [-0.1, -0.05) is 12.8 Å². The molecular formula is C13H16N2O4S. The number of anilines is 1. The molecule has 1 N–H and O–H groups in total. The normalized spacial score (nSPS) is 10.7. The minimum absolute atomic E-state index is 0.0425. The van der Waals surface area contributed by atoms with E-state index in [0.717, 1.165) is 0 Å². The molecule has 20 heavy (non-hydrogen) atoms. The molecule has 0 aliphatic rings. The van der Waals surface area contributed by atoms with Gasteiger partial charge in [0.05, 0.1) is 25.0 Å². The lowest BCUT2D eigenvalue weighted by Crippen LogP contribution is -2.13. The Morgan fingerprint density at radius 2 is 2.20 bits per heavy atom. The molecule has 0 spiro atoms. The molecule has 0 atom stereocenters. The highest BCUT2D eigenvalue weighted by atomic mass is 32.2. The van der Waals surface area contributed by atoms with Crippen molar-refractivity contribution in [1.82, 2.24) is 4.98 Å². The molecule has 1 rings (SSSR count). The van der Waals surface area contributed by atoms with Crippen LogP contribution in [0.1, 0.15) is 23.7 Å². The Bertz CT molecular complexity index is 632. The van der Waals surface area contributed by atoms with Crippen molar-refractivity contribution in [2.24, 2.45) is 0 Å². The summed E-state index contributed by atoms with van der Waals surface area (Å²) in [5, 5.41) is 2.58. The van der Waals surface area contributed by atoms with Crippen LogP contribution in [0.4, 0.5) is 5.82 Å². The van der Waals surface area contributed by atoms with Crippen LogP contribution < -0.4 is 5.32 Å². The number of methoxy groups -OCH3 is 1. The quantitative estimate of drug-likeness (QED) is 0.625. The van der Waals surface area contributed by atoms with Crippen molar-refractivity contribution in [2.75, 3.05) is 24.7 Å². The second-order valence-electron chi connectivity index (χ2n) is 3.95. The van der Waals surface area contributed by atoms with Crippen molar-refractivity contribution >= 4 is 21.6 Å². The van der Waals surface area contributed by atoms with Crippen LogP contribution in [-0.4, -0.2) is 38.8 Å². The second kappa shape index (κ2) is 6.91. The van der Waals surface area contributed by atoms with Gasteiger partial charge >= 0.3 is 5.97 Å². The molecule has 1 aromatic heterocycles. The van der Waals surface area contributed by atoms with Crippen LogP contribution in [0.15, 0.2) is 17.2 Å². The summed E-state index contributed by atoms with van der Waals surface area (Å²) in [7, 11) is -2.31. The van der Waals surface area contributed by atoms with Crippen LogP contribution >= 0.6 is 0 Å². The summed E-state index contributed by atoms with van der Waals surface area (Å²) in [6.45, 7) is 1.92. The molecule has 0 aliphatic carbocycles. The first-order chi connectivity index (χ1) is 9.44. The standard InChI is InChI=1S/C13H16N2O4S/c1-4-6-14-11-8-10(13(16)19-3)9-12(15-11)20(17,18)7-5-2/h1,8-9H,5-7H2,2-3H3,(H,14,15). The topological polar surface area (TPSA) is 85.4 Å². The molecule has 7 heteroatoms. The number of hydrogen-bond acceptors (Lipinski definition) is 6. The number of nitrogens with one attached hydrogen (secondary N) is 1. The number of rotatable bonds is 6. The number of pyridine rings is 1. The van der Waals surface area contributed by atoms with Gasteiger partial charge in [-0.15, -0.1) is 6.42 Å². The van der Waals surface area contributed by atoms with Gasteiger partial charge in [-0.25, -0.2) is 18.2 Å². The molecule has 0 fully saturated rings. The summed E-state index contributed by atoms with van der Waals surface area (Å²) in [5.41, 5.74) is 0.108. The lowest BCUT2D eigenvalue weighted by molar-refractivity contribution is 0.0600. The highest BCUT2D eigenvalue weighted by Gasteiger charge is 2.19. The first-order valence-corrected chi connectivity index (χ1v) is 7.60. The maximum atomic E-state index is 12.0. The summed E-state index contributed by atoms with van der Waals surface area (Å²) in [6, 6.07) is 2.60. The van der Waals surface area contributed by atoms with Crippen LogP contribution in [0.3, 0.4) is 0 Å². The monoisotopic (exact) mass is 296 g/mol. The zero-order valence-electron chi connectivity index (χ0n) is 11.3. The fraction of sp³-hybridized carbons (Fsp3) is 0.385. The smallest absolute Gasteiger partial charge is 0.338 e. The van der Waals surface area contributed by atoms with Gasteiger partial charge in [-0.2, -0.15) is 0 Å². The number of terminal acetylenes is 1. The van der Waals surface area contributed by atoms with E-state index in [9.17, 15) is 13.2 Å². The minimum atomic E-state index is -3.53. The van der Waals surface area contributed by atoms with Crippen LogP contribution in [0.2, 0.25) is 0 Å². The summed E-state index contributed by atoms with van der Waals surface area (Å²) >= 11 is 0. The SMILES string of the molecule is C#CCNc1cc(C(=O)OC)cc(S(=O)(=O)CCC)n1. The van der Waals surface area contributed by atoms with E-state index < -0.39 is 15.8 Å². The molecule has 6 nitrogen and oxygen atoms in total. The summed E-state index contributed by atoms with van der Waals surface area (Å²) in [5.74, 6) is 1.89. The van der Waals surface area contributed by atoms with Crippen molar-refractivity contribution in [3.05, 3.63) is 17.7 Å². The third kappa shape index (κ3) is 3.96. The number of carbonyl (C=O) groups excluding carboxylic acids is 1. The van der Waals surface area contributed by atoms with Crippen molar-refractivity contribution in [3.8, 4) is 12.3 Å².